The first-order chi connectivity index (χ1) is 18.9. The second-order valence-electron chi connectivity index (χ2n) is 8.40. The van der Waals surface area contributed by atoms with Gasteiger partial charge in [-0.2, -0.15) is 0 Å². The zero-order valence-electron chi connectivity index (χ0n) is 23.3. The van der Waals surface area contributed by atoms with Crippen molar-refractivity contribution < 1.29 is 96.3 Å². The van der Waals surface area contributed by atoms with Gasteiger partial charge in [0.1, 0.15) is 0 Å². The van der Waals surface area contributed by atoms with E-state index in [1.165, 1.54) is 28.4 Å². The van der Waals surface area contributed by atoms with Gasteiger partial charge in [-0.25, -0.2) is 0 Å². The largest absolute Gasteiger partial charge is 2.00 e. The van der Waals surface area contributed by atoms with Crippen LogP contribution in [0.3, 0.4) is 0 Å². The maximum absolute atomic E-state index is 10.7. The van der Waals surface area contributed by atoms with Crippen LogP contribution in [0.25, 0.3) is 21.3 Å². The van der Waals surface area contributed by atoms with Crippen LogP contribution in [0.4, 0.5) is 0 Å². The fraction of sp³-hybridized carbons (Fsp3) is 0.667. The van der Waals surface area contributed by atoms with Gasteiger partial charge in [0.25, 0.3) is 23.9 Å². The fourth-order valence-corrected chi connectivity index (χ4v) is 3.48. The summed E-state index contributed by atoms with van der Waals surface area (Å²) in [5.41, 5.74) is 0. The summed E-state index contributed by atoms with van der Waals surface area (Å²) in [6, 6.07) is -2.12. The third-order valence-corrected chi connectivity index (χ3v) is 5.62. The van der Waals surface area contributed by atoms with Gasteiger partial charge < -0.3 is 59.4 Å². The molecule has 4 aliphatic heterocycles. The maximum Gasteiger partial charge on any atom is 2.00 e. The fourth-order valence-electron chi connectivity index (χ4n) is 3.48. The van der Waals surface area contributed by atoms with Crippen LogP contribution in [0, 0.1) is 0 Å². The number of rotatable bonds is 4. The molecule has 0 bridgehead atoms. The average Bonchev–Trinajstić information content (AvgIpc) is 3.77. The quantitative estimate of drug-likeness (QED) is 0.220. The van der Waals surface area contributed by atoms with Crippen LogP contribution in [0.5, 0.6) is 0 Å². The Morgan fingerprint density at radius 2 is 0.619 bits per heavy atom. The molecule has 0 aromatic carbocycles. The van der Waals surface area contributed by atoms with Gasteiger partial charge in [-0.3, -0.25) is 19.2 Å². The maximum atomic E-state index is 10.7. The standard InChI is InChI=1S/4C6H9NO3.2Rh/c4*1-10-6(9)4-2-3-5(8)7-4;;/h4*4H,2-3H2,1H3,(H,7,8);;/q;;;;2*+2/p-4. The number of esters is 4. The summed E-state index contributed by atoms with van der Waals surface area (Å²) in [6.07, 6.45) is 3.52. The smallest absolute Gasteiger partial charge is 0.642 e. The monoisotopic (exact) mass is 774 g/mol. The zero-order valence-corrected chi connectivity index (χ0v) is 26.6. The molecule has 0 saturated carbocycles. The van der Waals surface area contributed by atoms with Crippen molar-refractivity contribution in [2.24, 2.45) is 0 Å². The Hall–Kier alpha value is -2.99. The Kier molecular flexibility index (Phi) is 21.2. The molecule has 4 atom stereocenters. The van der Waals surface area contributed by atoms with Gasteiger partial charge in [0.15, 0.2) is 0 Å². The number of methoxy groups -OCH3 is 4. The van der Waals surface area contributed by atoms with Crippen molar-refractivity contribution in [1.29, 1.82) is 0 Å². The summed E-state index contributed by atoms with van der Waals surface area (Å²) in [6.45, 7) is 0. The molecule has 4 saturated heterocycles. The Bertz CT molecular complexity index is 829. The van der Waals surface area contributed by atoms with Crippen LogP contribution >= 0.6 is 0 Å². The third-order valence-electron chi connectivity index (χ3n) is 5.62. The summed E-state index contributed by atoms with van der Waals surface area (Å²) in [7, 11) is 5.17. The van der Waals surface area contributed by atoms with Crippen LogP contribution in [-0.2, 0) is 96.3 Å². The van der Waals surface area contributed by atoms with E-state index in [4.69, 9.17) is 0 Å². The first-order valence-electron chi connectivity index (χ1n) is 12.2. The van der Waals surface area contributed by atoms with E-state index in [0.717, 1.165) is 0 Å². The molecule has 2 radical (unpaired) electrons. The summed E-state index contributed by atoms with van der Waals surface area (Å²) >= 11 is 0. The summed E-state index contributed by atoms with van der Waals surface area (Å²) < 4.78 is 17.6. The number of carbonyl (C=O) groups excluding carboxylic acids is 8. The van der Waals surface area contributed by atoms with E-state index < -0.39 is 48.0 Å². The van der Waals surface area contributed by atoms with Gasteiger partial charge >= 0.3 is 39.0 Å². The van der Waals surface area contributed by atoms with E-state index in [2.05, 4.69) is 40.2 Å². The second-order valence-corrected chi connectivity index (χ2v) is 8.40. The van der Waals surface area contributed by atoms with E-state index in [1.807, 2.05) is 0 Å². The molecule has 4 heterocycles. The molecule has 4 unspecified atom stereocenters. The van der Waals surface area contributed by atoms with E-state index in [0.29, 0.717) is 51.4 Å². The minimum atomic E-state index is -0.530. The SMILES string of the molecule is COC(=O)C1CCC(=O)[N-]1.COC(=O)C1CCC(=O)[N-]1.COC(=O)C1CCC(=O)[N-]1.COC(=O)C1CCC(=O)[N-]1.[Rh+2].[Rh+2]. The minimum absolute atomic E-state index is 0. The van der Waals surface area contributed by atoms with Crippen molar-refractivity contribution in [2.75, 3.05) is 28.4 Å². The van der Waals surface area contributed by atoms with Gasteiger partial charge in [-0.05, 0) is 49.9 Å². The first kappa shape index (κ1) is 41.1. The molecule has 4 rings (SSSR count). The predicted molar refractivity (Wildman–Crippen MR) is 134 cm³/mol. The molecule has 0 N–H and O–H groups in total. The van der Waals surface area contributed by atoms with Crippen LogP contribution in [0.2, 0.25) is 0 Å². The number of hydrogen-bond acceptors (Lipinski definition) is 12. The van der Waals surface area contributed by atoms with Crippen LogP contribution in [0.1, 0.15) is 51.4 Å². The van der Waals surface area contributed by atoms with Gasteiger partial charge in [0.2, 0.25) is 0 Å². The topological polar surface area (TPSA) is 230 Å². The third kappa shape index (κ3) is 14.8. The number of nitrogens with zero attached hydrogens (tertiary/aromatic N) is 4. The Morgan fingerprint density at radius 3 is 0.714 bits per heavy atom. The van der Waals surface area contributed by atoms with Crippen molar-refractivity contribution in [3.05, 3.63) is 21.3 Å². The van der Waals surface area contributed by atoms with Crippen molar-refractivity contribution in [3.63, 3.8) is 0 Å². The van der Waals surface area contributed by atoms with E-state index in [-0.39, 0.29) is 62.6 Å². The molecule has 18 heteroatoms. The van der Waals surface area contributed by atoms with Gasteiger partial charge in [-0.1, -0.05) is 25.7 Å². The number of carbonyl (C=O) groups is 8. The van der Waals surface area contributed by atoms with Crippen molar-refractivity contribution in [2.45, 2.75) is 75.5 Å². The van der Waals surface area contributed by atoms with E-state index in [9.17, 15) is 38.4 Å². The van der Waals surface area contributed by atoms with Gasteiger partial charge in [0, 0.05) is 0 Å². The Labute approximate surface area is 268 Å². The molecule has 0 spiro atoms. The van der Waals surface area contributed by atoms with Crippen molar-refractivity contribution >= 4 is 47.5 Å². The molecule has 42 heavy (non-hydrogen) atoms. The molecule has 4 amide bonds. The molecule has 0 aromatic heterocycles. The first-order valence-corrected chi connectivity index (χ1v) is 12.2. The molecule has 0 aromatic rings. The number of hydrogen-bond donors (Lipinski definition) is 0. The normalized spacial score (nSPS) is 23.0. The molecular formula is C24H32N4O12Rh2. The zero-order chi connectivity index (χ0) is 30.2. The molecule has 16 nitrogen and oxygen atoms in total. The van der Waals surface area contributed by atoms with E-state index >= 15 is 0 Å². The van der Waals surface area contributed by atoms with Crippen LogP contribution < -0.4 is 0 Å². The van der Waals surface area contributed by atoms with Crippen molar-refractivity contribution in [1.82, 2.24) is 0 Å². The van der Waals surface area contributed by atoms with Crippen LogP contribution in [0.15, 0.2) is 0 Å². The Balaban J connectivity index is 0. The second kappa shape index (κ2) is 21.7. The number of amides is 4. The van der Waals surface area contributed by atoms with Crippen molar-refractivity contribution in [3.8, 4) is 0 Å². The minimum Gasteiger partial charge on any atom is -0.642 e. The molecule has 4 aliphatic rings. The molecule has 238 valence electrons. The van der Waals surface area contributed by atoms with Gasteiger partial charge in [-0.15, -0.1) is 0 Å². The molecular weight excluding hydrogens is 742 g/mol. The summed E-state index contributed by atoms with van der Waals surface area (Å²) in [5, 5.41) is 14.2. The van der Waals surface area contributed by atoms with Crippen LogP contribution in [-0.4, -0.2) is 100 Å². The summed E-state index contributed by atoms with van der Waals surface area (Å²) in [4.78, 5) is 84.8. The van der Waals surface area contributed by atoms with Gasteiger partial charge in [0.05, 0.1) is 52.1 Å². The average molecular weight is 774 g/mol. The molecule has 4 fully saturated rings. The number of ether oxygens (including phenoxy) is 4. The molecule has 0 aliphatic carbocycles. The van der Waals surface area contributed by atoms with E-state index in [1.54, 1.807) is 0 Å². The predicted octanol–water partition coefficient (Wildman–Crippen LogP) is 0.883. The Morgan fingerprint density at radius 1 is 0.452 bits per heavy atom. The summed E-state index contributed by atoms with van der Waals surface area (Å²) in [5.74, 6) is -2.44.